The van der Waals surface area contributed by atoms with E-state index in [1.807, 2.05) is 32.9 Å². The highest BCUT2D eigenvalue weighted by atomic mass is 19.3. The molecule has 1 aliphatic heterocycles. The Labute approximate surface area is 218 Å². The molecule has 11 heteroatoms. The zero-order chi connectivity index (χ0) is 27.6. The first kappa shape index (κ1) is 26.9. The molecule has 1 aliphatic rings. The summed E-state index contributed by atoms with van der Waals surface area (Å²) >= 11 is 0. The van der Waals surface area contributed by atoms with Crippen LogP contribution in [0.3, 0.4) is 0 Å². The highest BCUT2D eigenvalue weighted by Crippen LogP contribution is 2.38. The summed E-state index contributed by atoms with van der Waals surface area (Å²) in [7, 11) is 1.45. The Morgan fingerprint density at radius 2 is 1.84 bits per heavy atom. The second kappa shape index (κ2) is 11.1. The van der Waals surface area contributed by atoms with E-state index in [2.05, 4.69) is 5.32 Å². The average Bonchev–Trinajstić information content (AvgIpc) is 2.85. The Balaban J connectivity index is 1.94. The van der Waals surface area contributed by atoms with Crippen LogP contribution < -0.4 is 31.7 Å². The Morgan fingerprint density at radius 3 is 2.47 bits per heavy atom. The first-order chi connectivity index (χ1) is 18.1. The number of hydrogen-bond donors (Lipinski definition) is 2. The summed E-state index contributed by atoms with van der Waals surface area (Å²) < 4.78 is 39.6. The highest BCUT2D eigenvalue weighted by Gasteiger charge is 2.23. The number of aryl methyl sites for hydroxylation is 4. The zero-order valence-electron chi connectivity index (χ0n) is 21.8. The Kier molecular flexibility index (Phi) is 7.84. The molecule has 0 bridgehead atoms. The molecule has 2 heterocycles. The number of nitrogens with one attached hydrogen (secondary N) is 1. The number of alkyl halides is 2. The van der Waals surface area contributed by atoms with Gasteiger partial charge in [0, 0.05) is 31.3 Å². The second-order valence-electron chi connectivity index (χ2n) is 9.24. The van der Waals surface area contributed by atoms with Gasteiger partial charge in [-0.25, -0.2) is 23.4 Å². The molecule has 0 atom stereocenters. The second-order valence-corrected chi connectivity index (χ2v) is 9.24. The fourth-order valence-corrected chi connectivity index (χ4v) is 4.83. The molecule has 2 aromatic carbocycles. The van der Waals surface area contributed by atoms with Crippen LogP contribution in [0.5, 0.6) is 11.5 Å². The van der Waals surface area contributed by atoms with Gasteiger partial charge in [-0.05, 0) is 56.0 Å². The third kappa shape index (κ3) is 5.56. The maximum atomic E-state index is 13.7. The summed E-state index contributed by atoms with van der Waals surface area (Å²) in [5, 5.41) is 2.52. The number of nitrogens with zero attached hydrogens (tertiary/aromatic N) is 3. The normalized spacial score (nSPS) is 12.8. The zero-order valence-corrected chi connectivity index (χ0v) is 21.8. The first-order valence-electron chi connectivity index (χ1n) is 12.2. The van der Waals surface area contributed by atoms with Crippen LogP contribution >= 0.6 is 0 Å². The van der Waals surface area contributed by atoms with Crippen molar-refractivity contribution >= 4 is 11.7 Å². The summed E-state index contributed by atoms with van der Waals surface area (Å²) in [6.45, 7) is 5.83. The summed E-state index contributed by atoms with van der Waals surface area (Å²) in [5.74, 6) is 0.512. The molecular weight excluding hydrogens is 496 g/mol. The molecule has 0 saturated heterocycles. The van der Waals surface area contributed by atoms with E-state index in [1.54, 1.807) is 22.8 Å². The molecule has 0 spiro atoms. The predicted octanol–water partition coefficient (Wildman–Crippen LogP) is 3.35. The van der Waals surface area contributed by atoms with Gasteiger partial charge in [0.25, 0.3) is 6.43 Å². The number of methoxy groups -OCH3 is 1. The van der Waals surface area contributed by atoms with Crippen LogP contribution in [-0.2, 0) is 19.5 Å². The molecule has 0 radical (unpaired) electrons. The summed E-state index contributed by atoms with van der Waals surface area (Å²) in [4.78, 5) is 29.9. The smallest absolute Gasteiger partial charge is 0.330 e. The predicted molar refractivity (Wildman–Crippen MR) is 139 cm³/mol. The Hall–Kier alpha value is -4.15. The molecule has 202 valence electrons. The van der Waals surface area contributed by atoms with Gasteiger partial charge in [0.15, 0.2) is 11.5 Å². The van der Waals surface area contributed by atoms with Crippen LogP contribution in [0.2, 0.25) is 0 Å². The number of carbonyl (C=O) groups is 1. The Bertz CT molecular complexity index is 1490. The lowest BCUT2D eigenvalue weighted by molar-refractivity contribution is 0.0804. The van der Waals surface area contributed by atoms with Gasteiger partial charge in [0.2, 0.25) is 0 Å². The molecule has 2 amide bonds. The SMILES string of the molecule is COc1cc2c(cc1OCC(F)F)-c1cc(=Nc3c(C)cc(C)cc3C)n(CCNC(N)=O)c(=O)n1CC2. The van der Waals surface area contributed by atoms with Crippen LogP contribution in [0.1, 0.15) is 22.3 Å². The lowest BCUT2D eigenvalue weighted by Crippen LogP contribution is -2.44. The van der Waals surface area contributed by atoms with E-state index >= 15 is 0 Å². The van der Waals surface area contributed by atoms with Crippen molar-refractivity contribution in [1.29, 1.82) is 0 Å². The third-order valence-electron chi connectivity index (χ3n) is 6.43. The fraction of sp³-hybridized carbons (Fsp3) is 0.370. The summed E-state index contributed by atoms with van der Waals surface area (Å²) in [5.41, 5.74) is 11.2. The number of rotatable bonds is 8. The van der Waals surface area contributed by atoms with Gasteiger partial charge in [0.05, 0.1) is 18.5 Å². The lowest BCUT2D eigenvalue weighted by atomic mass is 9.97. The van der Waals surface area contributed by atoms with Crippen molar-refractivity contribution in [3.63, 3.8) is 0 Å². The van der Waals surface area contributed by atoms with E-state index in [4.69, 9.17) is 20.2 Å². The van der Waals surface area contributed by atoms with Crippen molar-refractivity contribution in [2.24, 2.45) is 10.7 Å². The lowest BCUT2D eigenvalue weighted by Gasteiger charge is -2.25. The van der Waals surface area contributed by atoms with Gasteiger partial charge in [0.1, 0.15) is 12.1 Å². The van der Waals surface area contributed by atoms with E-state index in [1.165, 1.54) is 11.7 Å². The molecule has 4 rings (SSSR count). The maximum absolute atomic E-state index is 13.7. The number of carbonyl (C=O) groups excluding carboxylic acids is 1. The van der Waals surface area contributed by atoms with Crippen molar-refractivity contribution < 1.29 is 23.0 Å². The van der Waals surface area contributed by atoms with Crippen LogP contribution in [0.15, 0.2) is 40.1 Å². The fourth-order valence-electron chi connectivity index (χ4n) is 4.83. The van der Waals surface area contributed by atoms with Gasteiger partial charge in [-0.15, -0.1) is 0 Å². The molecule has 3 N–H and O–H groups in total. The van der Waals surface area contributed by atoms with E-state index in [-0.39, 0.29) is 24.5 Å². The van der Waals surface area contributed by atoms with Gasteiger partial charge >= 0.3 is 11.7 Å². The summed E-state index contributed by atoms with van der Waals surface area (Å²) in [6, 6.07) is 8.53. The monoisotopic (exact) mass is 527 g/mol. The molecule has 0 aliphatic carbocycles. The molecule has 0 saturated carbocycles. The van der Waals surface area contributed by atoms with Crippen molar-refractivity contribution in [2.45, 2.75) is 46.7 Å². The number of hydrogen-bond acceptors (Lipinski definition) is 5. The van der Waals surface area contributed by atoms with E-state index in [0.29, 0.717) is 35.5 Å². The minimum atomic E-state index is -2.65. The molecule has 0 fully saturated rings. The van der Waals surface area contributed by atoms with E-state index in [9.17, 15) is 18.4 Å². The topological polar surface area (TPSA) is 113 Å². The van der Waals surface area contributed by atoms with Gasteiger partial charge in [-0.1, -0.05) is 17.7 Å². The number of nitrogens with two attached hydrogens (primary N) is 1. The van der Waals surface area contributed by atoms with Crippen molar-refractivity contribution in [3.8, 4) is 22.8 Å². The Morgan fingerprint density at radius 1 is 1.13 bits per heavy atom. The average molecular weight is 528 g/mol. The van der Waals surface area contributed by atoms with Crippen molar-refractivity contribution in [1.82, 2.24) is 14.5 Å². The van der Waals surface area contributed by atoms with Crippen LogP contribution in [0.25, 0.3) is 11.3 Å². The largest absolute Gasteiger partial charge is 0.493 e. The van der Waals surface area contributed by atoms with Crippen LogP contribution in [0.4, 0.5) is 19.3 Å². The minimum absolute atomic E-state index is 0.141. The standard InChI is InChI=1S/C27H31F2N5O4/c1-15-9-16(2)25(17(3)10-15)32-24-13-20-19-12-22(38-14-23(28)29)21(37-4)11-18(19)5-7-33(20)27(36)34(24)8-6-31-26(30)35/h9-13,23H,5-8,14H2,1-4H3,(H3,30,31,35). The number of benzene rings is 2. The maximum Gasteiger partial charge on any atom is 0.330 e. The molecule has 0 unspecified atom stereocenters. The van der Waals surface area contributed by atoms with Gasteiger partial charge < -0.3 is 20.5 Å². The quantitative estimate of drug-likeness (QED) is 0.468. The number of urea groups is 1. The summed E-state index contributed by atoms with van der Waals surface area (Å²) in [6.07, 6.45) is -2.12. The van der Waals surface area contributed by atoms with Crippen LogP contribution in [0, 0.1) is 20.8 Å². The first-order valence-corrected chi connectivity index (χ1v) is 12.2. The molecule has 9 nitrogen and oxygen atoms in total. The van der Waals surface area contributed by atoms with Gasteiger partial charge in [-0.2, -0.15) is 0 Å². The van der Waals surface area contributed by atoms with Crippen LogP contribution in [-0.4, -0.2) is 41.9 Å². The van der Waals surface area contributed by atoms with E-state index < -0.39 is 19.1 Å². The molecular formula is C27H31F2N5O4. The number of amides is 2. The minimum Gasteiger partial charge on any atom is -0.493 e. The third-order valence-corrected chi connectivity index (χ3v) is 6.43. The molecule has 38 heavy (non-hydrogen) atoms. The number of primary amides is 1. The molecule has 1 aromatic heterocycles. The van der Waals surface area contributed by atoms with Gasteiger partial charge in [-0.3, -0.25) is 9.13 Å². The highest BCUT2D eigenvalue weighted by molar-refractivity contribution is 5.71. The number of ether oxygens (including phenoxy) is 2. The number of aromatic nitrogens is 2. The molecule has 3 aromatic rings. The number of fused-ring (bicyclic) bond motifs is 3. The van der Waals surface area contributed by atoms with E-state index in [0.717, 1.165) is 27.9 Å². The van der Waals surface area contributed by atoms with Crippen molar-refractivity contribution in [2.75, 3.05) is 20.3 Å². The number of halogens is 2. The van der Waals surface area contributed by atoms with Crippen molar-refractivity contribution in [3.05, 3.63) is 68.6 Å².